The number of aromatic nitrogens is 1. The standard InChI is InChI=1S/C24H31NO/c1-5-18-19(6-2)21(8-4)24(20(18)7-3)14-12-17(13-15-24)23(26)22-11-9-10-16-25-22/h9-17,23,26H,5-8H2,1-4H3. The van der Waals surface area contributed by atoms with Crippen LogP contribution in [0, 0.1) is 11.3 Å². The number of pyridine rings is 1. The van der Waals surface area contributed by atoms with Gasteiger partial charge in [-0.05, 0) is 60.1 Å². The Kier molecular flexibility index (Phi) is 5.62. The molecule has 1 N–H and O–H groups in total. The molecule has 0 fully saturated rings. The lowest BCUT2D eigenvalue weighted by Crippen LogP contribution is -2.23. The van der Waals surface area contributed by atoms with Crippen molar-refractivity contribution in [1.29, 1.82) is 0 Å². The molecule has 0 saturated heterocycles. The molecule has 0 bridgehead atoms. The lowest BCUT2D eigenvalue weighted by atomic mass is 9.70. The minimum absolute atomic E-state index is 0.0255. The molecule has 0 amide bonds. The Morgan fingerprint density at radius 1 is 0.923 bits per heavy atom. The Hall–Kier alpha value is -1.93. The van der Waals surface area contributed by atoms with Gasteiger partial charge < -0.3 is 5.11 Å². The average Bonchev–Trinajstić information content (AvgIpc) is 2.96. The number of rotatable bonds is 6. The Labute approximate surface area is 158 Å². The summed E-state index contributed by atoms with van der Waals surface area (Å²) in [6.45, 7) is 9.10. The molecule has 0 radical (unpaired) electrons. The summed E-state index contributed by atoms with van der Waals surface area (Å²) in [5.41, 5.74) is 6.88. The molecular weight excluding hydrogens is 318 g/mol. The van der Waals surface area contributed by atoms with Crippen molar-refractivity contribution in [2.75, 3.05) is 0 Å². The van der Waals surface area contributed by atoms with E-state index in [1.807, 2.05) is 18.2 Å². The van der Waals surface area contributed by atoms with Crippen molar-refractivity contribution in [3.05, 3.63) is 76.7 Å². The maximum Gasteiger partial charge on any atom is 0.106 e. The molecule has 0 aromatic carbocycles. The van der Waals surface area contributed by atoms with Gasteiger partial charge in [0.15, 0.2) is 0 Å². The summed E-state index contributed by atoms with van der Waals surface area (Å²) in [7, 11) is 0. The Bertz CT molecular complexity index is 723. The van der Waals surface area contributed by atoms with Crippen LogP contribution in [0.2, 0.25) is 0 Å². The van der Waals surface area contributed by atoms with Crippen LogP contribution in [0.3, 0.4) is 0 Å². The van der Waals surface area contributed by atoms with Gasteiger partial charge in [0.1, 0.15) is 6.10 Å². The summed E-state index contributed by atoms with van der Waals surface area (Å²) in [5, 5.41) is 10.7. The van der Waals surface area contributed by atoms with Gasteiger partial charge in [-0.15, -0.1) is 0 Å². The fourth-order valence-electron chi connectivity index (χ4n) is 4.92. The van der Waals surface area contributed by atoms with Crippen LogP contribution in [0.4, 0.5) is 0 Å². The number of nitrogens with zero attached hydrogens (tertiary/aromatic N) is 1. The van der Waals surface area contributed by atoms with E-state index in [4.69, 9.17) is 0 Å². The van der Waals surface area contributed by atoms with Crippen LogP contribution in [0.25, 0.3) is 0 Å². The van der Waals surface area contributed by atoms with Crippen molar-refractivity contribution < 1.29 is 5.11 Å². The monoisotopic (exact) mass is 349 g/mol. The molecule has 1 unspecified atom stereocenters. The van der Waals surface area contributed by atoms with Crippen LogP contribution < -0.4 is 0 Å². The predicted octanol–water partition coefficient (Wildman–Crippen LogP) is 6.09. The molecule has 1 spiro atoms. The summed E-state index contributed by atoms with van der Waals surface area (Å²) in [6, 6.07) is 5.70. The first-order valence-electron chi connectivity index (χ1n) is 10.1. The van der Waals surface area contributed by atoms with Gasteiger partial charge in [-0.3, -0.25) is 4.98 Å². The molecule has 26 heavy (non-hydrogen) atoms. The lowest BCUT2D eigenvalue weighted by molar-refractivity contribution is 0.145. The third-order valence-corrected chi connectivity index (χ3v) is 6.02. The maximum atomic E-state index is 10.7. The minimum atomic E-state index is -0.596. The largest absolute Gasteiger partial charge is 0.386 e. The molecule has 2 aliphatic rings. The molecule has 1 heterocycles. The van der Waals surface area contributed by atoms with Crippen molar-refractivity contribution in [1.82, 2.24) is 4.98 Å². The van der Waals surface area contributed by atoms with E-state index < -0.39 is 6.10 Å². The summed E-state index contributed by atoms with van der Waals surface area (Å²) >= 11 is 0. The van der Waals surface area contributed by atoms with E-state index in [-0.39, 0.29) is 11.3 Å². The first-order chi connectivity index (χ1) is 12.6. The zero-order valence-electron chi connectivity index (χ0n) is 16.5. The topological polar surface area (TPSA) is 33.1 Å². The summed E-state index contributed by atoms with van der Waals surface area (Å²) in [6.07, 6.45) is 14.5. The van der Waals surface area contributed by atoms with Crippen molar-refractivity contribution >= 4 is 0 Å². The highest BCUT2D eigenvalue weighted by molar-refractivity contribution is 5.60. The Morgan fingerprint density at radius 2 is 1.50 bits per heavy atom. The normalized spacial score (nSPS) is 20.5. The number of hydrogen-bond donors (Lipinski definition) is 1. The van der Waals surface area contributed by atoms with Gasteiger partial charge in [0.25, 0.3) is 0 Å². The van der Waals surface area contributed by atoms with Crippen LogP contribution in [0.1, 0.15) is 65.2 Å². The molecule has 138 valence electrons. The van der Waals surface area contributed by atoms with Crippen LogP contribution >= 0.6 is 0 Å². The van der Waals surface area contributed by atoms with Crippen molar-refractivity contribution in [2.24, 2.45) is 11.3 Å². The molecule has 1 atom stereocenters. The highest BCUT2D eigenvalue weighted by Gasteiger charge is 2.42. The van der Waals surface area contributed by atoms with E-state index in [1.165, 1.54) is 0 Å². The van der Waals surface area contributed by atoms with Crippen molar-refractivity contribution in [2.45, 2.75) is 59.5 Å². The molecule has 0 saturated carbocycles. The fraction of sp³-hybridized carbons (Fsp3) is 0.458. The SMILES string of the molecule is CCC1=C(CC)C2(C=CC(C(O)c3ccccn3)C=C2)C(CC)=C1CC. The fourth-order valence-corrected chi connectivity index (χ4v) is 4.92. The van der Waals surface area contributed by atoms with E-state index in [2.05, 4.69) is 57.0 Å². The van der Waals surface area contributed by atoms with Gasteiger partial charge in [-0.25, -0.2) is 0 Å². The lowest BCUT2D eigenvalue weighted by Gasteiger charge is -2.34. The van der Waals surface area contributed by atoms with Gasteiger partial charge in [-0.2, -0.15) is 0 Å². The second-order valence-corrected chi connectivity index (χ2v) is 7.19. The van der Waals surface area contributed by atoms with E-state index in [0.717, 1.165) is 31.4 Å². The summed E-state index contributed by atoms with van der Waals surface area (Å²) < 4.78 is 0. The first kappa shape index (κ1) is 18.8. The molecule has 0 aliphatic heterocycles. The van der Waals surface area contributed by atoms with E-state index in [0.29, 0.717) is 0 Å². The van der Waals surface area contributed by atoms with Gasteiger partial charge in [-0.1, -0.05) is 58.1 Å². The highest BCUT2D eigenvalue weighted by Crippen LogP contribution is 2.55. The molecule has 1 aromatic rings. The molecule has 2 nitrogen and oxygen atoms in total. The minimum Gasteiger partial charge on any atom is -0.386 e. The van der Waals surface area contributed by atoms with Gasteiger partial charge in [0.2, 0.25) is 0 Å². The smallest absolute Gasteiger partial charge is 0.106 e. The third kappa shape index (κ3) is 2.91. The number of hydrogen-bond acceptors (Lipinski definition) is 2. The molecular formula is C24H31NO. The zero-order chi connectivity index (χ0) is 18.7. The van der Waals surface area contributed by atoms with Crippen LogP contribution in [0.5, 0.6) is 0 Å². The van der Waals surface area contributed by atoms with Crippen molar-refractivity contribution in [3.8, 4) is 0 Å². The zero-order valence-corrected chi connectivity index (χ0v) is 16.5. The van der Waals surface area contributed by atoms with Gasteiger partial charge >= 0.3 is 0 Å². The summed E-state index contributed by atoms with van der Waals surface area (Å²) in [5.74, 6) is -0.0255. The molecule has 2 aliphatic carbocycles. The molecule has 3 rings (SSSR count). The predicted molar refractivity (Wildman–Crippen MR) is 109 cm³/mol. The number of aliphatic hydroxyl groups excluding tert-OH is 1. The second kappa shape index (κ2) is 7.75. The van der Waals surface area contributed by atoms with E-state index >= 15 is 0 Å². The second-order valence-electron chi connectivity index (χ2n) is 7.19. The van der Waals surface area contributed by atoms with Crippen LogP contribution in [-0.2, 0) is 0 Å². The Morgan fingerprint density at radius 3 is 1.92 bits per heavy atom. The highest BCUT2D eigenvalue weighted by atomic mass is 16.3. The van der Waals surface area contributed by atoms with Gasteiger partial charge in [0.05, 0.1) is 5.69 Å². The summed E-state index contributed by atoms with van der Waals surface area (Å²) in [4.78, 5) is 4.32. The maximum absolute atomic E-state index is 10.7. The first-order valence-corrected chi connectivity index (χ1v) is 10.1. The van der Waals surface area contributed by atoms with Crippen LogP contribution in [-0.4, -0.2) is 10.1 Å². The van der Waals surface area contributed by atoms with Crippen molar-refractivity contribution in [3.63, 3.8) is 0 Å². The quantitative estimate of drug-likeness (QED) is 0.630. The van der Waals surface area contributed by atoms with E-state index in [9.17, 15) is 5.11 Å². The van der Waals surface area contributed by atoms with Gasteiger partial charge in [0, 0.05) is 17.5 Å². The number of aliphatic hydroxyl groups is 1. The third-order valence-electron chi connectivity index (χ3n) is 6.02. The Balaban J connectivity index is 1.98. The average molecular weight is 350 g/mol. The van der Waals surface area contributed by atoms with E-state index in [1.54, 1.807) is 28.5 Å². The molecule has 1 aromatic heterocycles. The molecule has 2 heteroatoms. The number of allylic oxidation sites excluding steroid dienone is 6. The van der Waals surface area contributed by atoms with Crippen LogP contribution in [0.15, 0.2) is 71.0 Å².